The molecule has 5 rings (SSSR count). The maximum atomic E-state index is 12.8. The van der Waals surface area contributed by atoms with E-state index in [0.29, 0.717) is 21.8 Å². The summed E-state index contributed by atoms with van der Waals surface area (Å²) >= 11 is 1.40. The SMILES string of the molecule is C[C@@H]1CCCN1C(=O)Nc1cccc(-c2ccnc3c(C(=O)c4cccs4)cnn23)c1. The Morgan fingerprint density at radius 1 is 1.19 bits per heavy atom. The van der Waals surface area contributed by atoms with Crippen LogP contribution in [0.1, 0.15) is 35.0 Å². The third-order valence-corrected chi connectivity index (χ3v) is 6.48. The first-order chi connectivity index (χ1) is 15.1. The quantitative estimate of drug-likeness (QED) is 0.475. The fraction of sp³-hybridized carbons (Fsp3) is 0.217. The molecule has 0 aliphatic carbocycles. The van der Waals surface area contributed by atoms with E-state index in [4.69, 9.17) is 0 Å². The fourth-order valence-corrected chi connectivity index (χ4v) is 4.68. The van der Waals surface area contributed by atoms with E-state index in [1.807, 2.05) is 46.7 Å². The van der Waals surface area contributed by atoms with Crippen LogP contribution in [0.5, 0.6) is 0 Å². The number of aromatic nitrogens is 3. The summed E-state index contributed by atoms with van der Waals surface area (Å²) in [6.45, 7) is 2.86. The van der Waals surface area contributed by atoms with Crippen molar-refractivity contribution < 1.29 is 9.59 Å². The Morgan fingerprint density at radius 3 is 2.87 bits per heavy atom. The minimum absolute atomic E-state index is 0.0788. The van der Waals surface area contributed by atoms with Gasteiger partial charge in [-0.2, -0.15) is 5.10 Å². The monoisotopic (exact) mass is 431 g/mol. The van der Waals surface area contributed by atoms with Crippen molar-refractivity contribution in [2.24, 2.45) is 0 Å². The predicted octanol–water partition coefficient (Wildman–Crippen LogP) is 4.71. The van der Waals surface area contributed by atoms with Gasteiger partial charge in [0.15, 0.2) is 5.65 Å². The van der Waals surface area contributed by atoms with E-state index in [9.17, 15) is 9.59 Å². The molecule has 2 amide bonds. The van der Waals surface area contributed by atoms with Gasteiger partial charge in [-0.05, 0) is 49.4 Å². The van der Waals surface area contributed by atoms with Crippen LogP contribution in [0.25, 0.3) is 16.9 Å². The minimum Gasteiger partial charge on any atom is -0.322 e. The number of hydrogen-bond acceptors (Lipinski definition) is 5. The Bertz CT molecular complexity index is 1260. The van der Waals surface area contributed by atoms with Crippen LogP contribution >= 0.6 is 11.3 Å². The number of rotatable bonds is 4. The highest BCUT2D eigenvalue weighted by atomic mass is 32.1. The van der Waals surface area contributed by atoms with Crippen molar-refractivity contribution in [3.8, 4) is 11.3 Å². The van der Waals surface area contributed by atoms with Gasteiger partial charge < -0.3 is 10.2 Å². The number of nitrogens with zero attached hydrogens (tertiary/aromatic N) is 4. The van der Waals surface area contributed by atoms with Crippen LogP contribution in [0, 0.1) is 0 Å². The third-order valence-electron chi connectivity index (χ3n) is 5.61. The number of amides is 2. The van der Waals surface area contributed by atoms with E-state index in [2.05, 4.69) is 22.3 Å². The molecule has 7 nitrogen and oxygen atoms in total. The van der Waals surface area contributed by atoms with Crippen LogP contribution in [0.3, 0.4) is 0 Å². The summed E-state index contributed by atoms with van der Waals surface area (Å²) in [6, 6.07) is 13.3. The lowest BCUT2D eigenvalue weighted by Crippen LogP contribution is -2.37. The Morgan fingerprint density at radius 2 is 2.10 bits per heavy atom. The van der Waals surface area contributed by atoms with Crippen molar-refractivity contribution in [1.29, 1.82) is 0 Å². The highest BCUT2D eigenvalue weighted by Crippen LogP contribution is 2.26. The first-order valence-corrected chi connectivity index (χ1v) is 11.1. The molecule has 31 heavy (non-hydrogen) atoms. The molecule has 8 heteroatoms. The smallest absolute Gasteiger partial charge is 0.322 e. The molecule has 1 fully saturated rings. The molecular formula is C23H21N5O2S. The summed E-state index contributed by atoms with van der Waals surface area (Å²) in [4.78, 5) is 32.4. The van der Waals surface area contributed by atoms with Crippen LogP contribution < -0.4 is 5.32 Å². The summed E-state index contributed by atoms with van der Waals surface area (Å²) in [5.74, 6) is -0.0876. The number of benzene rings is 1. The van der Waals surface area contributed by atoms with E-state index in [1.165, 1.54) is 11.3 Å². The second-order valence-electron chi connectivity index (χ2n) is 7.63. The zero-order valence-electron chi connectivity index (χ0n) is 17.0. The summed E-state index contributed by atoms with van der Waals surface area (Å²) < 4.78 is 1.67. The number of hydrogen-bond donors (Lipinski definition) is 1. The highest BCUT2D eigenvalue weighted by Gasteiger charge is 2.25. The molecule has 0 unspecified atom stereocenters. The fourth-order valence-electron chi connectivity index (χ4n) is 4.00. The van der Waals surface area contributed by atoms with E-state index in [0.717, 1.165) is 30.6 Å². The molecule has 156 valence electrons. The van der Waals surface area contributed by atoms with Crippen molar-refractivity contribution >= 4 is 34.5 Å². The molecule has 3 aromatic heterocycles. The van der Waals surface area contributed by atoms with E-state index in [-0.39, 0.29) is 17.9 Å². The highest BCUT2D eigenvalue weighted by molar-refractivity contribution is 7.12. The third kappa shape index (κ3) is 3.59. The number of carbonyl (C=O) groups is 2. The number of likely N-dealkylation sites (tertiary alicyclic amines) is 1. The van der Waals surface area contributed by atoms with Crippen LogP contribution in [-0.2, 0) is 0 Å². The molecule has 0 saturated carbocycles. The summed E-state index contributed by atoms with van der Waals surface area (Å²) in [5.41, 5.74) is 3.36. The minimum atomic E-state index is -0.0876. The van der Waals surface area contributed by atoms with Gasteiger partial charge in [-0.15, -0.1) is 11.3 Å². The molecule has 1 aromatic carbocycles. The molecule has 1 N–H and O–H groups in total. The van der Waals surface area contributed by atoms with E-state index < -0.39 is 0 Å². The lowest BCUT2D eigenvalue weighted by atomic mass is 10.1. The van der Waals surface area contributed by atoms with Gasteiger partial charge in [-0.3, -0.25) is 4.79 Å². The van der Waals surface area contributed by atoms with Crippen LogP contribution in [0.4, 0.5) is 10.5 Å². The van der Waals surface area contributed by atoms with Crippen LogP contribution in [0.15, 0.2) is 60.2 Å². The molecule has 1 aliphatic rings. The average molecular weight is 432 g/mol. The van der Waals surface area contributed by atoms with Crippen molar-refractivity contribution in [3.05, 3.63) is 70.7 Å². The number of ketones is 1. The Kier molecular flexibility index (Phi) is 4.99. The van der Waals surface area contributed by atoms with E-state index in [1.54, 1.807) is 23.0 Å². The lowest BCUT2D eigenvalue weighted by Gasteiger charge is -2.22. The number of carbonyl (C=O) groups excluding carboxylic acids is 2. The molecule has 0 radical (unpaired) electrons. The van der Waals surface area contributed by atoms with Gasteiger partial charge in [0.05, 0.1) is 22.3 Å². The molecule has 1 atom stereocenters. The maximum absolute atomic E-state index is 12.8. The number of thiophene rings is 1. The normalized spacial score (nSPS) is 16.0. The standard InChI is InChI=1S/C23H21N5O2S/c1-15-5-3-11-27(15)23(30)26-17-7-2-6-16(13-17)19-9-10-24-22-18(14-25-28(19)22)21(29)20-8-4-12-31-20/h2,4,6-10,12-15H,3,5,11H2,1H3,(H,26,30)/t15-/m1/s1. The average Bonchev–Trinajstić information content (AvgIpc) is 3.53. The molecule has 4 heterocycles. The summed E-state index contributed by atoms with van der Waals surface area (Å²) in [5, 5.41) is 9.31. The van der Waals surface area contributed by atoms with Gasteiger partial charge in [-0.25, -0.2) is 14.3 Å². The van der Waals surface area contributed by atoms with Gasteiger partial charge in [0.1, 0.15) is 0 Å². The molecule has 4 aromatic rings. The largest absolute Gasteiger partial charge is 0.322 e. The number of anilines is 1. The zero-order chi connectivity index (χ0) is 21.4. The number of fused-ring (bicyclic) bond motifs is 1. The number of urea groups is 1. The van der Waals surface area contributed by atoms with Crippen molar-refractivity contribution in [3.63, 3.8) is 0 Å². The Labute approximate surface area is 183 Å². The second-order valence-corrected chi connectivity index (χ2v) is 8.57. The van der Waals surface area contributed by atoms with Gasteiger partial charge in [-0.1, -0.05) is 18.2 Å². The second kappa shape index (κ2) is 7.96. The Balaban J connectivity index is 1.47. The predicted molar refractivity (Wildman–Crippen MR) is 121 cm³/mol. The van der Waals surface area contributed by atoms with Crippen LogP contribution in [-0.4, -0.2) is 43.9 Å². The lowest BCUT2D eigenvalue weighted by molar-refractivity contribution is 0.104. The van der Waals surface area contributed by atoms with Gasteiger partial charge in [0.2, 0.25) is 5.78 Å². The van der Waals surface area contributed by atoms with Crippen molar-refractivity contribution in [1.82, 2.24) is 19.5 Å². The summed E-state index contributed by atoms with van der Waals surface area (Å²) in [6.07, 6.45) is 5.31. The first kappa shape index (κ1) is 19.4. The molecule has 0 bridgehead atoms. The number of nitrogens with one attached hydrogen (secondary N) is 1. The molecule has 1 saturated heterocycles. The van der Waals surface area contributed by atoms with E-state index >= 15 is 0 Å². The topological polar surface area (TPSA) is 79.6 Å². The molecule has 0 spiro atoms. The van der Waals surface area contributed by atoms with Gasteiger partial charge >= 0.3 is 6.03 Å². The van der Waals surface area contributed by atoms with Gasteiger partial charge in [0, 0.05) is 30.0 Å². The van der Waals surface area contributed by atoms with Crippen LogP contribution in [0.2, 0.25) is 0 Å². The van der Waals surface area contributed by atoms with Crippen molar-refractivity contribution in [2.75, 3.05) is 11.9 Å². The molecular weight excluding hydrogens is 410 g/mol. The first-order valence-electron chi connectivity index (χ1n) is 10.2. The molecule has 1 aliphatic heterocycles. The van der Waals surface area contributed by atoms with Gasteiger partial charge in [0.25, 0.3) is 0 Å². The maximum Gasteiger partial charge on any atom is 0.322 e. The Hall–Kier alpha value is -3.52. The summed E-state index contributed by atoms with van der Waals surface area (Å²) in [7, 11) is 0. The zero-order valence-corrected chi connectivity index (χ0v) is 17.8. The van der Waals surface area contributed by atoms with Crippen molar-refractivity contribution in [2.45, 2.75) is 25.8 Å².